The van der Waals surface area contributed by atoms with Crippen molar-refractivity contribution in [2.75, 3.05) is 0 Å². The maximum Gasteiger partial charge on any atom is 0.0576 e. The molecule has 4 heteroatoms. The largest absolute Gasteiger partial charge is 0.335 e. The minimum atomic E-state index is -1.81. The smallest absolute Gasteiger partial charge is 0.0576 e. The highest BCUT2D eigenvalue weighted by atomic mass is 15.1. The van der Waals surface area contributed by atoms with Gasteiger partial charge in [0.15, 0.2) is 0 Å². The number of fused-ring (bicyclic) bond motifs is 12. The zero-order valence-electron chi connectivity index (χ0n) is 60.1. The quantitative estimate of drug-likeness (QED) is 0.167. The van der Waals surface area contributed by atoms with Crippen LogP contribution in [-0.2, 0) is 16.6 Å². The van der Waals surface area contributed by atoms with Gasteiger partial charge in [0.05, 0.1) is 27.6 Å². The van der Waals surface area contributed by atoms with Crippen LogP contribution in [0, 0.1) is 10.8 Å². The first-order valence-electron chi connectivity index (χ1n) is 34.2. The summed E-state index contributed by atoms with van der Waals surface area (Å²) in [6.45, 7) is 32.6. The number of rotatable bonds is 4. The second-order valence-electron chi connectivity index (χ2n) is 30.1. The molecule has 0 aliphatic heterocycles. The third-order valence-corrected chi connectivity index (χ3v) is 16.3. The molecule has 11 aromatic carbocycles. The monoisotopic (exact) mass is 1210 g/mol. The third-order valence-electron chi connectivity index (χ3n) is 16.3. The van der Waals surface area contributed by atoms with Crippen molar-refractivity contribution in [2.45, 2.75) is 134 Å². The lowest BCUT2D eigenvalue weighted by molar-refractivity contribution is 0.423. The van der Waals surface area contributed by atoms with Crippen LogP contribution >= 0.6 is 0 Å². The van der Waals surface area contributed by atoms with Crippen molar-refractivity contribution in [1.82, 2.24) is 18.3 Å². The van der Waals surface area contributed by atoms with E-state index < -0.39 is 12.3 Å². The van der Waals surface area contributed by atoms with E-state index in [0.717, 1.165) is 0 Å². The molecule has 0 spiro atoms. The Labute approximate surface area is 551 Å². The molecular weight excluding hydrogens is 1110 g/mol. The van der Waals surface area contributed by atoms with E-state index in [9.17, 15) is 0 Å². The van der Waals surface area contributed by atoms with Gasteiger partial charge in [-0.2, -0.15) is 0 Å². The average molecular weight is 1210 g/mol. The minimum absolute atomic E-state index is 0.00964. The summed E-state index contributed by atoms with van der Waals surface area (Å²) in [7, 11) is 0. The average Bonchev–Trinajstić information content (AvgIpc) is 1.59. The molecule has 4 heterocycles. The van der Waals surface area contributed by atoms with Crippen molar-refractivity contribution in [3.8, 4) is 39.1 Å². The molecule has 0 aliphatic rings. The normalized spacial score (nSPS) is 12.8. The Hall–Kier alpha value is -9.38. The molecule has 0 unspecified atom stereocenters. The number of hydrogen-bond acceptors (Lipinski definition) is 0. The van der Waals surface area contributed by atoms with Crippen LogP contribution in [0.25, 0.3) is 126 Å². The van der Waals surface area contributed by atoms with Crippen molar-refractivity contribution in [2.24, 2.45) is 10.8 Å². The fourth-order valence-corrected chi connectivity index (χ4v) is 13.1. The Morgan fingerprint density at radius 1 is 0.239 bits per heavy atom. The lowest BCUT2D eigenvalue weighted by Crippen LogP contribution is -2.22. The van der Waals surface area contributed by atoms with Crippen LogP contribution < -0.4 is 0 Å². The van der Waals surface area contributed by atoms with E-state index >= 15 is 0 Å². The summed E-state index contributed by atoms with van der Waals surface area (Å²) in [5.74, 6) is 0. The standard InChI is InChI=1S/C28H24N2.C28H25N.C22H21N.2C5H12/c1-28(2,3)30-26-15-9-6-12-22(26)23-18-19(16-17-27(23)30)29-24-13-7-4-10-20(24)21-11-5-8-14-25(21)29;1-28(2,3)29-26-22(20-12-6-4-7-13-20)16-10-18-24(26)25-19-11-17-23(27(25)29)21-14-8-5-9-15-21;1-22(2,3)23-20-15-8-7-12-18(20)19-14-9-13-17(21(19)23)16-10-5-4-6-11-16;2*1-5(2,3)4/h4-18H,1-3H3;4-19H,1-3H3;4-15H,1-3H3;2*1-4H3/i;;;1D3;. The summed E-state index contributed by atoms with van der Waals surface area (Å²) in [6, 6.07) is 94.0. The number of benzene rings is 11. The highest BCUT2D eigenvalue weighted by molar-refractivity contribution is 6.17. The van der Waals surface area contributed by atoms with Gasteiger partial charge >= 0.3 is 0 Å². The summed E-state index contributed by atoms with van der Waals surface area (Å²) in [5, 5.41) is 10.5. The molecule has 4 nitrogen and oxygen atoms in total. The van der Waals surface area contributed by atoms with Crippen LogP contribution in [0.15, 0.2) is 261 Å². The molecule has 0 atom stereocenters. The van der Waals surface area contributed by atoms with Crippen LogP contribution in [0.4, 0.5) is 0 Å². The molecular formula is C88H94N4. The summed E-state index contributed by atoms with van der Waals surface area (Å²) in [6.07, 6.45) is 0. The molecule has 0 amide bonds. The van der Waals surface area contributed by atoms with E-state index in [1.807, 2.05) is 0 Å². The van der Waals surface area contributed by atoms with Gasteiger partial charge in [-0.25, -0.2) is 0 Å². The Morgan fingerprint density at radius 3 is 0.870 bits per heavy atom. The number of hydrogen-bond donors (Lipinski definition) is 0. The van der Waals surface area contributed by atoms with Crippen LogP contribution in [0.3, 0.4) is 0 Å². The van der Waals surface area contributed by atoms with Crippen molar-refractivity contribution in [3.63, 3.8) is 0 Å². The van der Waals surface area contributed by atoms with Gasteiger partial charge in [0.25, 0.3) is 0 Å². The highest BCUT2D eigenvalue weighted by Crippen LogP contribution is 2.44. The summed E-state index contributed by atoms with van der Waals surface area (Å²) in [5.41, 5.74) is 19.1. The SMILES string of the molecule is CC(C)(C)C.CC(C)(C)n1c2c(-c3ccccc3)cccc2c2cccc(-c3ccccc3)c21.CC(C)(C)n1c2ccccc2c2cc(-n3c4ccccc4c4ccccc43)ccc21.CC(C)(C)n1c2ccccc2c2cccc(-c3ccccc3)c21.[2H]C([2H])([2H])C(C)(C)C. The molecule has 92 heavy (non-hydrogen) atoms. The van der Waals surface area contributed by atoms with Gasteiger partial charge in [-0.3, -0.25) is 0 Å². The molecule has 4 aromatic heterocycles. The molecule has 15 aromatic rings. The molecule has 15 rings (SSSR count). The lowest BCUT2D eigenvalue weighted by Gasteiger charge is -2.26. The predicted molar refractivity (Wildman–Crippen MR) is 404 cm³/mol. The minimum Gasteiger partial charge on any atom is -0.335 e. The molecule has 0 saturated carbocycles. The van der Waals surface area contributed by atoms with Crippen LogP contribution in [0.1, 0.15) is 122 Å². The lowest BCUT2D eigenvalue weighted by atomic mass is 10.0. The molecule has 0 fully saturated rings. The van der Waals surface area contributed by atoms with E-state index in [-0.39, 0.29) is 16.6 Å². The predicted octanol–water partition coefficient (Wildman–Crippen LogP) is 25.9. The maximum absolute atomic E-state index is 6.92. The molecule has 0 radical (unpaired) electrons. The van der Waals surface area contributed by atoms with Gasteiger partial charge < -0.3 is 18.3 Å². The topological polar surface area (TPSA) is 19.7 Å². The summed E-state index contributed by atoms with van der Waals surface area (Å²) >= 11 is 0. The van der Waals surface area contributed by atoms with Crippen molar-refractivity contribution < 1.29 is 4.11 Å². The number of aromatic nitrogens is 4. The zero-order chi connectivity index (χ0) is 68.0. The number of para-hydroxylation sites is 7. The maximum atomic E-state index is 6.92. The highest BCUT2D eigenvalue weighted by Gasteiger charge is 2.27. The van der Waals surface area contributed by atoms with Crippen molar-refractivity contribution in [1.29, 1.82) is 0 Å². The molecule has 0 saturated heterocycles. The van der Waals surface area contributed by atoms with Crippen LogP contribution in [0.5, 0.6) is 0 Å². The van der Waals surface area contributed by atoms with E-state index in [4.69, 9.17) is 4.11 Å². The fourth-order valence-electron chi connectivity index (χ4n) is 13.1. The van der Waals surface area contributed by atoms with Gasteiger partial charge in [0.1, 0.15) is 0 Å². The van der Waals surface area contributed by atoms with Gasteiger partial charge in [0, 0.05) is 103 Å². The Kier molecular flexibility index (Phi) is 16.6. The second kappa shape index (κ2) is 25.4. The Bertz CT molecular complexity index is 5010. The van der Waals surface area contributed by atoms with E-state index in [0.29, 0.717) is 5.41 Å². The van der Waals surface area contributed by atoms with Crippen molar-refractivity contribution >= 4 is 87.2 Å². The summed E-state index contributed by atoms with van der Waals surface area (Å²) < 4.78 is 30.6. The first kappa shape index (κ1) is 60.2. The van der Waals surface area contributed by atoms with Crippen LogP contribution in [-0.4, -0.2) is 18.3 Å². The molecule has 0 N–H and O–H groups in total. The number of nitrogens with zero attached hydrogens (tertiary/aromatic N) is 4. The third kappa shape index (κ3) is 13.4. The Balaban J connectivity index is 0.000000133. The summed E-state index contributed by atoms with van der Waals surface area (Å²) in [4.78, 5) is 0. The van der Waals surface area contributed by atoms with Crippen LogP contribution in [0.2, 0.25) is 0 Å². The first-order chi connectivity index (χ1) is 44.9. The molecule has 0 bridgehead atoms. The second-order valence-corrected chi connectivity index (χ2v) is 30.1. The van der Waals surface area contributed by atoms with Gasteiger partial charge in [-0.15, -0.1) is 0 Å². The van der Waals surface area contributed by atoms with Gasteiger partial charge in [-0.05, 0) is 132 Å². The fraction of sp³-hybridized carbons (Fsp3) is 0.250. The molecule has 0 aliphatic carbocycles. The van der Waals surface area contributed by atoms with E-state index in [1.165, 1.54) is 126 Å². The first-order valence-corrected chi connectivity index (χ1v) is 32.7. The van der Waals surface area contributed by atoms with Crippen molar-refractivity contribution in [3.05, 3.63) is 261 Å². The van der Waals surface area contributed by atoms with Gasteiger partial charge in [-0.1, -0.05) is 274 Å². The van der Waals surface area contributed by atoms with E-state index in [1.54, 1.807) is 20.8 Å². The zero-order valence-corrected chi connectivity index (χ0v) is 57.1. The Morgan fingerprint density at radius 2 is 0.511 bits per heavy atom. The van der Waals surface area contributed by atoms with E-state index in [2.05, 4.69) is 369 Å². The molecule has 466 valence electrons. The van der Waals surface area contributed by atoms with Gasteiger partial charge in [0.2, 0.25) is 0 Å².